The van der Waals surface area contributed by atoms with Gasteiger partial charge in [-0.1, -0.05) is 11.6 Å². The molecule has 3 atom stereocenters. The second-order valence-corrected chi connectivity index (χ2v) is 12.7. The molecule has 0 spiro atoms. The molecule has 1 aromatic heterocycles. The van der Waals surface area contributed by atoms with Crippen molar-refractivity contribution in [3.63, 3.8) is 0 Å². The highest BCUT2D eigenvalue weighted by molar-refractivity contribution is 7.90. The molecule has 27 heavy (non-hydrogen) atoms. The van der Waals surface area contributed by atoms with Crippen molar-refractivity contribution in [1.82, 2.24) is 0 Å². The number of aliphatic hydroxyl groups is 1. The molecule has 1 aromatic rings. The summed E-state index contributed by atoms with van der Waals surface area (Å²) in [6.45, 7) is 0. The van der Waals surface area contributed by atoms with Crippen molar-refractivity contribution in [1.29, 1.82) is 0 Å². The van der Waals surface area contributed by atoms with Gasteiger partial charge in [0.05, 0.1) is 21.6 Å². The molecule has 3 unspecified atom stereocenters. The first-order valence-corrected chi connectivity index (χ1v) is 12.4. The molecule has 2 N–H and O–H groups in total. The van der Waals surface area contributed by atoms with Crippen LogP contribution in [0.2, 0.25) is 4.34 Å². The second kappa shape index (κ2) is 6.40. The van der Waals surface area contributed by atoms with Gasteiger partial charge in [0.2, 0.25) is 5.91 Å². The first-order valence-electron chi connectivity index (χ1n) is 9.12. The third-order valence-electron chi connectivity index (χ3n) is 6.25. The van der Waals surface area contributed by atoms with Crippen molar-refractivity contribution in [3.8, 4) is 0 Å². The van der Waals surface area contributed by atoms with E-state index >= 15 is 4.39 Å². The lowest BCUT2D eigenvalue weighted by Gasteiger charge is -2.58. The number of nitrogens with one attached hydrogen (secondary N) is 1. The number of thiophene rings is 1. The van der Waals surface area contributed by atoms with Crippen LogP contribution in [0.25, 0.3) is 0 Å². The predicted octanol–water partition coefficient (Wildman–Crippen LogP) is 3.73. The minimum atomic E-state index is -3.40. The number of amides is 1. The average Bonchev–Trinajstić information content (AvgIpc) is 2.83. The van der Waals surface area contributed by atoms with Crippen LogP contribution in [0.4, 0.5) is 9.39 Å². The lowest BCUT2D eigenvalue weighted by molar-refractivity contribution is -0.155. The van der Waals surface area contributed by atoms with Crippen LogP contribution in [-0.4, -0.2) is 37.1 Å². The van der Waals surface area contributed by atoms with Crippen molar-refractivity contribution in [2.24, 2.45) is 17.3 Å². The van der Waals surface area contributed by atoms with Crippen molar-refractivity contribution < 1.29 is 22.7 Å². The van der Waals surface area contributed by atoms with Gasteiger partial charge >= 0.3 is 0 Å². The molecule has 5 nitrogen and oxygen atoms in total. The minimum absolute atomic E-state index is 0.232. The molecule has 0 aromatic carbocycles. The van der Waals surface area contributed by atoms with Crippen molar-refractivity contribution in [3.05, 3.63) is 16.0 Å². The molecule has 4 saturated carbocycles. The summed E-state index contributed by atoms with van der Waals surface area (Å²) in [5, 5.41) is 13.5. The maximum atomic E-state index is 15.1. The quantitative estimate of drug-likeness (QED) is 0.738. The Morgan fingerprint density at radius 2 is 2.04 bits per heavy atom. The number of hydrogen-bond donors (Lipinski definition) is 2. The highest BCUT2D eigenvalue weighted by Gasteiger charge is 2.61. The Balaban J connectivity index is 1.57. The van der Waals surface area contributed by atoms with Crippen LogP contribution in [0.5, 0.6) is 0 Å². The SMILES string of the molecule is CS(=O)(=O)CC(O)c1cc(Cl)sc1NC(=O)C12CC3CC(CC(F)(C3)C1)C2. The third kappa shape index (κ3) is 3.78. The standard InChI is InChI=1S/C18H23ClFNO4S2/c1-27(24,25)8-13(22)12-3-14(19)26-15(12)21-16(23)17-4-10-2-11(5-17)7-18(20,6-10)9-17/h3,10-11,13,22H,2,4-9H2,1H3,(H,21,23). The number of hydrogen-bond acceptors (Lipinski definition) is 5. The number of sulfone groups is 1. The van der Waals surface area contributed by atoms with Crippen molar-refractivity contribution in [2.75, 3.05) is 17.3 Å². The largest absolute Gasteiger partial charge is 0.387 e. The molecule has 1 heterocycles. The van der Waals surface area contributed by atoms with E-state index in [1.165, 1.54) is 6.07 Å². The van der Waals surface area contributed by atoms with Gasteiger partial charge in [0, 0.05) is 11.8 Å². The van der Waals surface area contributed by atoms with E-state index in [0.717, 1.165) is 24.0 Å². The van der Waals surface area contributed by atoms with Crippen LogP contribution in [0, 0.1) is 17.3 Å². The van der Waals surface area contributed by atoms with Gasteiger partial charge < -0.3 is 10.4 Å². The number of anilines is 1. The number of carbonyl (C=O) groups is 1. The van der Waals surface area contributed by atoms with Gasteiger partial charge in [0.15, 0.2) is 0 Å². The monoisotopic (exact) mass is 435 g/mol. The molecular weight excluding hydrogens is 413 g/mol. The van der Waals surface area contributed by atoms with Crippen LogP contribution in [0.3, 0.4) is 0 Å². The smallest absolute Gasteiger partial charge is 0.231 e. The molecule has 4 aliphatic rings. The fourth-order valence-electron chi connectivity index (χ4n) is 5.75. The summed E-state index contributed by atoms with van der Waals surface area (Å²) in [6.07, 6.45) is 3.52. The average molecular weight is 436 g/mol. The van der Waals surface area contributed by atoms with Gasteiger partial charge in [-0.25, -0.2) is 12.8 Å². The fraction of sp³-hybridized carbons (Fsp3) is 0.722. The molecular formula is C18H23ClFNO4S2. The van der Waals surface area contributed by atoms with Gasteiger partial charge in [-0.3, -0.25) is 4.79 Å². The molecule has 0 radical (unpaired) electrons. The number of rotatable bonds is 5. The van der Waals surface area contributed by atoms with Gasteiger partial charge in [0.1, 0.15) is 20.5 Å². The summed E-state index contributed by atoms with van der Waals surface area (Å²) >= 11 is 7.14. The Morgan fingerprint density at radius 1 is 1.41 bits per heavy atom. The van der Waals surface area contributed by atoms with E-state index in [1.54, 1.807) is 0 Å². The molecule has 150 valence electrons. The van der Waals surface area contributed by atoms with Crippen LogP contribution in [-0.2, 0) is 14.6 Å². The molecule has 4 aliphatic carbocycles. The van der Waals surface area contributed by atoms with E-state index in [0.29, 0.717) is 40.6 Å². The molecule has 4 fully saturated rings. The summed E-state index contributed by atoms with van der Waals surface area (Å²) in [4.78, 5) is 13.2. The third-order valence-corrected chi connectivity index (χ3v) is 8.37. The molecule has 4 bridgehead atoms. The van der Waals surface area contributed by atoms with Crippen LogP contribution in [0.15, 0.2) is 6.07 Å². The van der Waals surface area contributed by atoms with E-state index in [4.69, 9.17) is 11.6 Å². The highest BCUT2D eigenvalue weighted by Crippen LogP contribution is 2.63. The van der Waals surface area contributed by atoms with E-state index in [2.05, 4.69) is 5.32 Å². The topological polar surface area (TPSA) is 83.5 Å². The first kappa shape index (κ1) is 19.6. The summed E-state index contributed by atoms with van der Waals surface area (Å²) in [6, 6.07) is 1.48. The van der Waals surface area contributed by atoms with Gasteiger partial charge in [-0.15, -0.1) is 11.3 Å². The zero-order chi connectivity index (χ0) is 19.6. The molecule has 5 rings (SSSR count). The normalized spacial score (nSPS) is 36.0. The molecule has 1 amide bonds. The summed E-state index contributed by atoms with van der Waals surface area (Å²) < 4.78 is 38.5. The predicted molar refractivity (Wildman–Crippen MR) is 104 cm³/mol. The van der Waals surface area contributed by atoms with E-state index in [1.807, 2.05) is 0 Å². The fourth-order valence-corrected chi connectivity index (χ4v) is 7.69. The zero-order valence-electron chi connectivity index (χ0n) is 15.0. The summed E-state index contributed by atoms with van der Waals surface area (Å²) in [5.74, 6) is -0.176. The molecule has 0 aliphatic heterocycles. The van der Waals surface area contributed by atoms with Gasteiger partial charge in [-0.2, -0.15) is 0 Å². The molecule has 9 heteroatoms. The Morgan fingerprint density at radius 3 is 2.59 bits per heavy atom. The maximum Gasteiger partial charge on any atom is 0.231 e. The Kier molecular flexibility index (Phi) is 4.65. The van der Waals surface area contributed by atoms with Crippen LogP contribution in [0.1, 0.15) is 50.2 Å². The summed E-state index contributed by atoms with van der Waals surface area (Å²) in [7, 11) is -3.40. The lowest BCUT2D eigenvalue weighted by Crippen LogP contribution is -2.57. The minimum Gasteiger partial charge on any atom is -0.387 e. The van der Waals surface area contributed by atoms with Gasteiger partial charge in [0.25, 0.3) is 0 Å². The Labute approximate surface area is 167 Å². The zero-order valence-corrected chi connectivity index (χ0v) is 17.4. The first-order chi connectivity index (χ1) is 12.5. The maximum absolute atomic E-state index is 15.1. The van der Waals surface area contributed by atoms with Gasteiger partial charge in [-0.05, 0) is 56.4 Å². The number of halogens is 2. The Bertz CT molecular complexity index is 870. The van der Waals surface area contributed by atoms with Crippen LogP contribution >= 0.6 is 22.9 Å². The Hall–Kier alpha value is -0.700. The number of carbonyl (C=O) groups excluding carboxylic acids is 1. The van der Waals surface area contributed by atoms with E-state index < -0.39 is 32.8 Å². The highest BCUT2D eigenvalue weighted by atomic mass is 35.5. The summed E-state index contributed by atoms with van der Waals surface area (Å²) in [5.41, 5.74) is -1.66. The van der Waals surface area contributed by atoms with Crippen LogP contribution < -0.4 is 5.32 Å². The van der Waals surface area contributed by atoms with Crippen molar-refractivity contribution in [2.45, 2.75) is 50.3 Å². The molecule has 0 saturated heterocycles. The second-order valence-electron chi connectivity index (χ2n) is 8.79. The lowest BCUT2D eigenvalue weighted by atomic mass is 9.48. The number of alkyl halides is 1. The van der Waals surface area contributed by atoms with Crippen molar-refractivity contribution >= 4 is 43.7 Å². The van der Waals surface area contributed by atoms with E-state index in [9.17, 15) is 18.3 Å². The number of aliphatic hydroxyl groups excluding tert-OH is 1. The van der Waals surface area contributed by atoms with E-state index in [-0.39, 0.29) is 24.2 Å².